The number of hydrogen-bond acceptors (Lipinski definition) is 3. The monoisotopic (exact) mass is 287 g/mol. The first-order valence-corrected chi connectivity index (χ1v) is 8.08. The molecule has 5 heteroatoms. The van der Waals surface area contributed by atoms with Gasteiger partial charge < -0.3 is 10.0 Å². The van der Waals surface area contributed by atoms with Gasteiger partial charge in [-0.3, -0.25) is 9.59 Å². The molecule has 1 unspecified atom stereocenters. The Morgan fingerprint density at radius 3 is 2.32 bits per heavy atom. The molecule has 0 bridgehead atoms. The van der Waals surface area contributed by atoms with Crippen molar-refractivity contribution in [2.75, 3.05) is 12.8 Å². The SMILES string of the molecule is CC(C)C(SCC(=O)N(C)C1CCCCC1)C(=O)O. The van der Waals surface area contributed by atoms with Crippen LogP contribution in [0, 0.1) is 5.92 Å². The molecule has 0 aromatic heterocycles. The largest absolute Gasteiger partial charge is 0.480 e. The smallest absolute Gasteiger partial charge is 0.316 e. The lowest BCUT2D eigenvalue weighted by Gasteiger charge is -2.31. The van der Waals surface area contributed by atoms with E-state index in [1.54, 1.807) is 0 Å². The van der Waals surface area contributed by atoms with Crippen LogP contribution in [0.5, 0.6) is 0 Å². The van der Waals surface area contributed by atoms with Crippen molar-refractivity contribution in [3.05, 3.63) is 0 Å². The fraction of sp³-hybridized carbons (Fsp3) is 0.857. The highest BCUT2D eigenvalue weighted by atomic mass is 32.2. The first-order valence-electron chi connectivity index (χ1n) is 7.03. The molecule has 0 saturated heterocycles. The third-order valence-electron chi connectivity index (χ3n) is 3.75. The Morgan fingerprint density at radius 1 is 1.26 bits per heavy atom. The predicted octanol–water partition coefficient (Wildman–Crippen LogP) is 2.62. The van der Waals surface area contributed by atoms with Gasteiger partial charge in [0.25, 0.3) is 0 Å². The number of rotatable bonds is 6. The summed E-state index contributed by atoms with van der Waals surface area (Å²) in [5, 5.41) is 8.60. The fourth-order valence-corrected chi connectivity index (χ4v) is 3.54. The van der Waals surface area contributed by atoms with Crippen LogP contribution in [0.1, 0.15) is 46.0 Å². The molecule has 1 atom stereocenters. The number of carboxylic acid groups (broad SMARTS) is 1. The van der Waals surface area contributed by atoms with E-state index < -0.39 is 11.2 Å². The second-order valence-electron chi connectivity index (χ2n) is 5.61. The maximum atomic E-state index is 12.1. The van der Waals surface area contributed by atoms with E-state index in [1.807, 2.05) is 25.8 Å². The van der Waals surface area contributed by atoms with Crippen LogP contribution in [-0.2, 0) is 9.59 Å². The van der Waals surface area contributed by atoms with Gasteiger partial charge in [0, 0.05) is 13.1 Å². The van der Waals surface area contributed by atoms with Gasteiger partial charge in [-0.2, -0.15) is 0 Å². The third-order valence-corrected chi connectivity index (χ3v) is 5.27. The van der Waals surface area contributed by atoms with Gasteiger partial charge in [-0.05, 0) is 18.8 Å². The summed E-state index contributed by atoms with van der Waals surface area (Å²) in [6, 6.07) is 0.351. The van der Waals surface area contributed by atoms with E-state index in [9.17, 15) is 9.59 Å². The van der Waals surface area contributed by atoms with Crippen molar-refractivity contribution in [3.63, 3.8) is 0 Å². The number of hydrogen-bond donors (Lipinski definition) is 1. The van der Waals surface area contributed by atoms with Crippen molar-refractivity contribution >= 4 is 23.6 Å². The van der Waals surface area contributed by atoms with Crippen LogP contribution in [0.4, 0.5) is 0 Å². The summed E-state index contributed by atoms with van der Waals surface area (Å²) in [4.78, 5) is 25.0. The number of nitrogens with zero attached hydrogens (tertiary/aromatic N) is 1. The molecule has 0 aliphatic heterocycles. The zero-order valence-electron chi connectivity index (χ0n) is 12.1. The summed E-state index contributed by atoms with van der Waals surface area (Å²) in [7, 11) is 1.85. The fourth-order valence-electron chi connectivity index (χ4n) is 2.48. The van der Waals surface area contributed by atoms with Gasteiger partial charge in [0.2, 0.25) is 5.91 Å². The average molecular weight is 287 g/mol. The van der Waals surface area contributed by atoms with Gasteiger partial charge in [0.15, 0.2) is 0 Å². The quantitative estimate of drug-likeness (QED) is 0.816. The zero-order chi connectivity index (χ0) is 14.4. The minimum atomic E-state index is -0.826. The summed E-state index contributed by atoms with van der Waals surface area (Å²) in [5.41, 5.74) is 0. The van der Waals surface area contributed by atoms with Crippen molar-refractivity contribution in [2.24, 2.45) is 5.92 Å². The molecule has 110 valence electrons. The van der Waals surface area contributed by atoms with Gasteiger partial charge in [-0.1, -0.05) is 33.1 Å². The van der Waals surface area contributed by atoms with Crippen molar-refractivity contribution in [2.45, 2.75) is 57.2 Å². The van der Waals surface area contributed by atoms with E-state index in [2.05, 4.69) is 0 Å². The van der Waals surface area contributed by atoms with E-state index in [1.165, 1.54) is 31.0 Å². The minimum Gasteiger partial charge on any atom is -0.480 e. The number of carbonyl (C=O) groups excluding carboxylic acids is 1. The van der Waals surface area contributed by atoms with E-state index >= 15 is 0 Å². The van der Waals surface area contributed by atoms with Gasteiger partial charge in [0.1, 0.15) is 5.25 Å². The van der Waals surface area contributed by atoms with Crippen LogP contribution >= 0.6 is 11.8 Å². The lowest BCUT2D eigenvalue weighted by atomic mass is 9.94. The Labute approximate surface area is 119 Å². The van der Waals surface area contributed by atoms with Gasteiger partial charge in [-0.25, -0.2) is 0 Å². The number of thioether (sulfide) groups is 1. The van der Waals surface area contributed by atoms with Crippen molar-refractivity contribution in [1.29, 1.82) is 0 Å². The van der Waals surface area contributed by atoms with E-state index in [4.69, 9.17) is 5.11 Å². The van der Waals surface area contributed by atoms with Crippen LogP contribution in [0.2, 0.25) is 0 Å². The molecule has 0 radical (unpaired) electrons. The average Bonchev–Trinajstić information content (AvgIpc) is 2.38. The van der Waals surface area contributed by atoms with Gasteiger partial charge in [-0.15, -0.1) is 11.8 Å². The van der Waals surface area contributed by atoms with Crippen LogP contribution in [0.25, 0.3) is 0 Å². The Morgan fingerprint density at radius 2 is 1.84 bits per heavy atom. The molecule has 19 heavy (non-hydrogen) atoms. The molecule has 1 rings (SSSR count). The summed E-state index contributed by atoms with van der Waals surface area (Å²) in [6.45, 7) is 3.75. The lowest BCUT2D eigenvalue weighted by Crippen LogP contribution is -2.40. The molecule has 1 amide bonds. The van der Waals surface area contributed by atoms with Crippen LogP contribution < -0.4 is 0 Å². The molecule has 0 aromatic rings. The Balaban J connectivity index is 2.42. The number of carbonyl (C=O) groups is 2. The molecule has 1 fully saturated rings. The van der Waals surface area contributed by atoms with Crippen molar-refractivity contribution in [3.8, 4) is 0 Å². The maximum Gasteiger partial charge on any atom is 0.316 e. The second kappa shape index (κ2) is 7.78. The molecule has 0 heterocycles. The summed E-state index contributed by atoms with van der Waals surface area (Å²) in [6.07, 6.45) is 5.82. The molecule has 0 aromatic carbocycles. The molecule has 1 aliphatic carbocycles. The van der Waals surface area contributed by atoms with Crippen LogP contribution in [0.15, 0.2) is 0 Å². The molecule has 1 saturated carbocycles. The standard InChI is InChI=1S/C14H25NO3S/c1-10(2)13(14(17)18)19-9-12(16)15(3)11-7-5-4-6-8-11/h10-11,13H,4-9H2,1-3H3,(H,17,18). The first-order chi connectivity index (χ1) is 8.93. The topological polar surface area (TPSA) is 57.6 Å². The van der Waals surface area contributed by atoms with Gasteiger partial charge in [0.05, 0.1) is 5.75 Å². The van der Waals surface area contributed by atoms with Crippen molar-refractivity contribution < 1.29 is 14.7 Å². The molecular weight excluding hydrogens is 262 g/mol. The van der Waals surface area contributed by atoms with Crippen LogP contribution in [0.3, 0.4) is 0 Å². The third kappa shape index (κ3) is 5.05. The predicted molar refractivity (Wildman–Crippen MR) is 78.4 cm³/mol. The second-order valence-corrected chi connectivity index (χ2v) is 6.74. The molecule has 1 N–H and O–H groups in total. The highest BCUT2D eigenvalue weighted by Gasteiger charge is 2.26. The summed E-state index contributed by atoms with van der Waals surface area (Å²) in [5.74, 6) is -0.463. The van der Waals surface area contributed by atoms with Crippen LogP contribution in [-0.4, -0.2) is 46.0 Å². The number of aliphatic carboxylic acids is 1. The molecule has 4 nitrogen and oxygen atoms in total. The van der Waals surface area contributed by atoms with E-state index in [-0.39, 0.29) is 17.6 Å². The Kier molecular flexibility index (Phi) is 6.69. The van der Waals surface area contributed by atoms with E-state index in [0.29, 0.717) is 6.04 Å². The lowest BCUT2D eigenvalue weighted by molar-refractivity contribution is -0.137. The Hall–Kier alpha value is -0.710. The highest BCUT2D eigenvalue weighted by molar-refractivity contribution is 8.01. The molecule has 1 aliphatic rings. The number of amides is 1. The normalized spacial score (nSPS) is 18.3. The summed E-state index contributed by atoms with van der Waals surface area (Å²) < 4.78 is 0. The summed E-state index contributed by atoms with van der Waals surface area (Å²) >= 11 is 1.25. The van der Waals surface area contributed by atoms with Crippen molar-refractivity contribution in [1.82, 2.24) is 4.90 Å². The van der Waals surface area contributed by atoms with Gasteiger partial charge >= 0.3 is 5.97 Å². The maximum absolute atomic E-state index is 12.1. The minimum absolute atomic E-state index is 0.0373. The number of carboxylic acids is 1. The first kappa shape index (κ1) is 16.3. The molecule has 0 spiro atoms. The Bertz CT molecular complexity index is 314. The molecular formula is C14H25NO3S. The highest BCUT2D eigenvalue weighted by Crippen LogP contribution is 2.24. The zero-order valence-corrected chi connectivity index (χ0v) is 12.9. The van der Waals surface area contributed by atoms with E-state index in [0.717, 1.165) is 12.8 Å².